The number of hydrogen-bond acceptors (Lipinski definition) is 3. The molecule has 1 aromatic heterocycles. The number of para-hydroxylation sites is 1. The molecule has 1 aliphatic rings. The van der Waals surface area contributed by atoms with Gasteiger partial charge in [0.25, 0.3) is 0 Å². The molecule has 0 aliphatic carbocycles. The Kier molecular flexibility index (Phi) is 8.30. The first kappa shape index (κ1) is 35.6. The number of aromatic nitrogens is 1. The Labute approximate surface area is 360 Å². The van der Waals surface area contributed by atoms with E-state index >= 15 is 0 Å². The fraction of sp³-hybridized carbons (Fsp3) is 0.0169. The molecule has 3 nitrogen and oxygen atoms in total. The molecule has 0 radical (unpaired) electrons. The number of anilines is 2. The number of nitrogens with zero attached hydrogens (tertiary/aromatic N) is 3. The molecule has 288 valence electrons. The standard InChI is InChI=1S/C59H37N3/c60-36-43-24-25-44-37-62(45-20-11-4-12-21-45)55-33-32-46(48-31-30-47(43)58(44)59(48)55)41-26-28-49-51(34-41)56(39-16-7-2-8-17-39)50-29-27-42(35-52(50)57(49)40-18-9-3-10-19-40)54-23-13-22-53(61-54)38-14-5-1-6-15-38/h1-35H,37H2. The molecule has 0 unspecified atom stereocenters. The van der Waals surface area contributed by atoms with Gasteiger partial charge in [-0.1, -0.05) is 164 Å². The van der Waals surface area contributed by atoms with Gasteiger partial charge >= 0.3 is 0 Å². The molecule has 2 heterocycles. The van der Waals surface area contributed by atoms with Gasteiger partial charge in [-0.05, 0) is 120 Å². The summed E-state index contributed by atoms with van der Waals surface area (Å²) in [5.74, 6) is 0. The summed E-state index contributed by atoms with van der Waals surface area (Å²) in [6, 6.07) is 78.5. The van der Waals surface area contributed by atoms with Gasteiger partial charge in [-0.25, -0.2) is 4.98 Å². The van der Waals surface area contributed by atoms with Crippen molar-refractivity contribution < 1.29 is 0 Å². The van der Waals surface area contributed by atoms with Crippen LogP contribution in [0.4, 0.5) is 11.4 Å². The lowest BCUT2D eigenvalue weighted by Crippen LogP contribution is -2.20. The number of hydrogen-bond donors (Lipinski definition) is 0. The number of rotatable bonds is 6. The molecule has 62 heavy (non-hydrogen) atoms. The molecule has 11 aromatic rings. The lowest BCUT2D eigenvalue weighted by Gasteiger charge is -2.32. The quantitative estimate of drug-likeness (QED) is 0.124. The summed E-state index contributed by atoms with van der Waals surface area (Å²) in [4.78, 5) is 7.59. The summed E-state index contributed by atoms with van der Waals surface area (Å²) in [6.07, 6.45) is 0. The summed E-state index contributed by atoms with van der Waals surface area (Å²) in [5.41, 5.74) is 15.4. The lowest BCUT2D eigenvalue weighted by atomic mass is 9.83. The molecule has 0 saturated heterocycles. The van der Waals surface area contributed by atoms with E-state index in [9.17, 15) is 5.26 Å². The largest absolute Gasteiger partial charge is 0.336 e. The zero-order chi connectivity index (χ0) is 41.1. The maximum atomic E-state index is 10.2. The van der Waals surface area contributed by atoms with Gasteiger partial charge in [-0.15, -0.1) is 0 Å². The van der Waals surface area contributed by atoms with Crippen molar-refractivity contribution in [3.05, 3.63) is 223 Å². The molecule has 12 rings (SSSR count). The van der Waals surface area contributed by atoms with Crippen molar-refractivity contribution >= 4 is 54.5 Å². The van der Waals surface area contributed by atoms with Crippen molar-refractivity contribution in [1.29, 1.82) is 5.26 Å². The Morgan fingerprint density at radius 1 is 0.403 bits per heavy atom. The van der Waals surface area contributed by atoms with Crippen LogP contribution in [0, 0.1) is 11.3 Å². The smallest absolute Gasteiger partial charge is 0.0998 e. The maximum Gasteiger partial charge on any atom is 0.0998 e. The minimum Gasteiger partial charge on any atom is -0.336 e. The third-order valence-electron chi connectivity index (χ3n) is 12.7. The Hall–Kier alpha value is -8.32. The van der Waals surface area contributed by atoms with Crippen LogP contribution in [0.15, 0.2) is 212 Å². The van der Waals surface area contributed by atoms with E-state index in [0.717, 1.165) is 56.9 Å². The summed E-state index contributed by atoms with van der Waals surface area (Å²) >= 11 is 0. The summed E-state index contributed by atoms with van der Waals surface area (Å²) < 4.78 is 0. The van der Waals surface area contributed by atoms with Crippen molar-refractivity contribution in [2.24, 2.45) is 0 Å². The minimum absolute atomic E-state index is 0.705. The van der Waals surface area contributed by atoms with Crippen LogP contribution in [0.5, 0.6) is 0 Å². The van der Waals surface area contributed by atoms with E-state index in [2.05, 4.69) is 211 Å². The second-order valence-electron chi connectivity index (χ2n) is 16.1. The van der Waals surface area contributed by atoms with Crippen LogP contribution in [-0.4, -0.2) is 4.98 Å². The van der Waals surface area contributed by atoms with Crippen LogP contribution < -0.4 is 4.90 Å². The molecule has 0 spiro atoms. The third-order valence-corrected chi connectivity index (χ3v) is 12.7. The topological polar surface area (TPSA) is 39.9 Å². The first-order valence-corrected chi connectivity index (χ1v) is 21.1. The highest BCUT2D eigenvalue weighted by Crippen LogP contribution is 2.49. The molecule has 0 atom stereocenters. The van der Waals surface area contributed by atoms with E-state index in [1.54, 1.807) is 0 Å². The predicted octanol–water partition coefficient (Wildman–Crippen LogP) is 15.6. The van der Waals surface area contributed by atoms with Crippen molar-refractivity contribution in [1.82, 2.24) is 4.98 Å². The molecule has 0 N–H and O–H groups in total. The van der Waals surface area contributed by atoms with Gasteiger partial charge in [0.2, 0.25) is 0 Å². The van der Waals surface area contributed by atoms with Crippen LogP contribution in [0.3, 0.4) is 0 Å². The van der Waals surface area contributed by atoms with E-state index < -0.39 is 0 Å². The van der Waals surface area contributed by atoms with E-state index in [-0.39, 0.29) is 0 Å². The summed E-state index contributed by atoms with van der Waals surface area (Å²) in [6.45, 7) is 0.736. The Balaban J connectivity index is 1.13. The van der Waals surface area contributed by atoms with Crippen LogP contribution in [0.1, 0.15) is 11.1 Å². The molecule has 1 aliphatic heterocycles. The Morgan fingerprint density at radius 2 is 0.952 bits per heavy atom. The van der Waals surface area contributed by atoms with Gasteiger partial charge in [0, 0.05) is 39.8 Å². The summed E-state index contributed by atoms with van der Waals surface area (Å²) in [5, 5.41) is 19.5. The van der Waals surface area contributed by atoms with Crippen molar-refractivity contribution in [3.8, 4) is 62.0 Å². The Bertz CT molecular complexity index is 3590. The van der Waals surface area contributed by atoms with Crippen LogP contribution in [0.2, 0.25) is 0 Å². The van der Waals surface area contributed by atoms with Crippen LogP contribution in [0.25, 0.3) is 99.0 Å². The van der Waals surface area contributed by atoms with E-state index in [0.29, 0.717) is 5.56 Å². The van der Waals surface area contributed by atoms with Crippen molar-refractivity contribution in [2.45, 2.75) is 6.54 Å². The number of nitriles is 1. The molecule has 0 bridgehead atoms. The minimum atomic E-state index is 0.705. The Morgan fingerprint density at radius 3 is 1.60 bits per heavy atom. The molecule has 0 fully saturated rings. The molecular weight excluding hydrogens is 751 g/mol. The van der Waals surface area contributed by atoms with E-state index in [4.69, 9.17) is 4.98 Å². The van der Waals surface area contributed by atoms with Crippen LogP contribution in [-0.2, 0) is 6.54 Å². The molecule has 0 saturated carbocycles. The molecule has 3 heteroatoms. The average molecular weight is 788 g/mol. The van der Waals surface area contributed by atoms with E-state index in [1.165, 1.54) is 65.5 Å². The van der Waals surface area contributed by atoms with Gasteiger partial charge in [0.05, 0.1) is 23.0 Å². The molecular formula is C59H37N3. The number of pyridine rings is 1. The average Bonchev–Trinajstić information content (AvgIpc) is 3.35. The first-order chi connectivity index (χ1) is 30.7. The predicted molar refractivity (Wildman–Crippen MR) is 258 cm³/mol. The second-order valence-corrected chi connectivity index (χ2v) is 16.1. The molecule has 10 aromatic carbocycles. The van der Waals surface area contributed by atoms with Crippen molar-refractivity contribution in [3.63, 3.8) is 0 Å². The van der Waals surface area contributed by atoms with Crippen molar-refractivity contribution in [2.75, 3.05) is 4.90 Å². The lowest BCUT2D eigenvalue weighted by molar-refractivity contribution is 0.982. The number of fused-ring (bicyclic) bond motifs is 2. The third kappa shape index (κ3) is 5.69. The number of benzene rings is 10. The fourth-order valence-corrected chi connectivity index (χ4v) is 9.90. The highest BCUT2D eigenvalue weighted by Gasteiger charge is 2.26. The SMILES string of the molecule is N#Cc1ccc2c3c1ccc1c(-c4ccc5c(-c6ccccc6)c6cc(-c7cccc(-c8ccccc8)n7)ccc6c(-c6ccccc6)c5c4)ccc(c13)N(c1ccccc1)C2. The highest BCUT2D eigenvalue weighted by atomic mass is 15.1. The van der Waals surface area contributed by atoms with Crippen LogP contribution >= 0.6 is 0 Å². The fourth-order valence-electron chi connectivity index (χ4n) is 9.90. The zero-order valence-corrected chi connectivity index (χ0v) is 33.8. The van der Waals surface area contributed by atoms with Gasteiger partial charge in [-0.2, -0.15) is 5.26 Å². The second kappa shape index (κ2) is 14.4. The van der Waals surface area contributed by atoms with E-state index in [1.807, 2.05) is 12.1 Å². The first-order valence-electron chi connectivity index (χ1n) is 21.1. The van der Waals surface area contributed by atoms with Gasteiger partial charge in [0.15, 0.2) is 0 Å². The maximum absolute atomic E-state index is 10.2. The highest BCUT2D eigenvalue weighted by molar-refractivity contribution is 6.24. The summed E-state index contributed by atoms with van der Waals surface area (Å²) in [7, 11) is 0. The van der Waals surface area contributed by atoms with Gasteiger partial charge in [-0.3, -0.25) is 0 Å². The molecule has 0 amide bonds. The normalized spacial score (nSPS) is 12.1. The monoisotopic (exact) mass is 787 g/mol. The van der Waals surface area contributed by atoms with Gasteiger partial charge in [0.1, 0.15) is 0 Å². The zero-order valence-electron chi connectivity index (χ0n) is 33.8. The van der Waals surface area contributed by atoms with Gasteiger partial charge < -0.3 is 4.90 Å².